The van der Waals surface area contributed by atoms with E-state index in [0.717, 1.165) is 23.5 Å². The summed E-state index contributed by atoms with van der Waals surface area (Å²) in [7, 11) is 1.64. The summed E-state index contributed by atoms with van der Waals surface area (Å²) in [6.07, 6.45) is 1.42. The van der Waals surface area contributed by atoms with Gasteiger partial charge in [-0.15, -0.1) is 0 Å². The topological polar surface area (TPSA) is 77.5 Å². The molecule has 0 radical (unpaired) electrons. The molecule has 1 N–H and O–H groups in total. The molecule has 4 rings (SSSR count). The number of methoxy groups -OCH3 is 1. The molecule has 3 aliphatic heterocycles. The first-order valence-corrected chi connectivity index (χ1v) is 9.12. The van der Waals surface area contributed by atoms with Crippen LogP contribution in [0.2, 0.25) is 0 Å². The summed E-state index contributed by atoms with van der Waals surface area (Å²) in [6, 6.07) is 3.83. The maximum absolute atomic E-state index is 12.0. The highest BCUT2D eigenvalue weighted by molar-refractivity contribution is 5.76. The van der Waals surface area contributed by atoms with Crippen LogP contribution in [0.3, 0.4) is 0 Å². The van der Waals surface area contributed by atoms with E-state index in [4.69, 9.17) is 18.9 Å². The number of carboxylic acid groups (broad SMARTS) is 1. The van der Waals surface area contributed by atoms with Crippen LogP contribution in [0.25, 0.3) is 0 Å². The van der Waals surface area contributed by atoms with Crippen molar-refractivity contribution in [2.24, 2.45) is 11.3 Å². The van der Waals surface area contributed by atoms with Crippen molar-refractivity contribution < 1.29 is 28.8 Å². The number of likely N-dealkylation sites (tertiary alicyclic amines) is 1. The van der Waals surface area contributed by atoms with Crippen molar-refractivity contribution in [3.63, 3.8) is 0 Å². The number of aliphatic carboxylic acids is 1. The third-order valence-corrected chi connectivity index (χ3v) is 5.75. The zero-order valence-electron chi connectivity index (χ0n) is 15.0. The van der Waals surface area contributed by atoms with Gasteiger partial charge in [0.15, 0.2) is 11.5 Å². The number of benzene rings is 1. The van der Waals surface area contributed by atoms with Gasteiger partial charge in [-0.3, -0.25) is 9.69 Å². The van der Waals surface area contributed by atoms with Gasteiger partial charge in [0.05, 0.1) is 32.3 Å². The lowest BCUT2D eigenvalue weighted by Crippen LogP contribution is -2.44. The quantitative estimate of drug-likeness (QED) is 0.874. The Balaban J connectivity index is 1.57. The van der Waals surface area contributed by atoms with Crippen LogP contribution >= 0.6 is 0 Å². The summed E-state index contributed by atoms with van der Waals surface area (Å²) in [5.41, 5.74) is 0.286. The first kappa shape index (κ1) is 17.4. The molecular weight excluding hydrogens is 338 g/mol. The van der Waals surface area contributed by atoms with Crippen LogP contribution in [-0.4, -0.2) is 62.6 Å². The lowest BCUT2D eigenvalue weighted by Gasteiger charge is -2.34. The van der Waals surface area contributed by atoms with Crippen LogP contribution in [0.1, 0.15) is 18.4 Å². The average Bonchev–Trinajstić information content (AvgIpc) is 2.86. The first-order valence-electron chi connectivity index (χ1n) is 9.12. The molecule has 0 spiro atoms. The zero-order chi connectivity index (χ0) is 18.1. The Labute approximate surface area is 152 Å². The highest BCUT2D eigenvalue weighted by Gasteiger charge is 2.53. The number of carboxylic acids is 1. The van der Waals surface area contributed by atoms with Gasteiger partial charge >= 0.3 is 5.97 Å². The fourth-order valence-electron chi connectivity index (χ4n) is 4.31. The van der Waals surface area contributed by atoms with Crippen LogP contribution in [0.15, 0.2) is 12.1 Å². The Morgan fingerprint density at radius 2 is 2.08 bits per heavy atom. The number of hydrogen-bond acceptors (Lipinski definition) is 6. The second kappa shape index (κ2) is 6.96. The predicted octanol–water partition coefficient (Wildman–Crippen LogP) is 1.78. The van der Waals surface area contributed by atoms with Gasteiger partial charge in [0.25, 0.3) is 0 Å². The lowest BCUT2D eigenvalue weighted by atomic mass is 9.74. The number of nitrogens with zero attached hydrogens (tertiary/aromatic N) is 1. The van der Waals surface area contributed by atoms with Crippen LogP contribution < -0.4 is 14.2 Å². The molecule has 0 amide bonds. The van der Waals surface area contributed by atoms with E-state index in [1.54, 1.807) is 7.11 Å². The van der Waals surface area contributed by atoms with Crippen LogP contribution in [-0.2, 0) is 16.1 Å². The third-order valence-electron chi connectivity index (χ3n) is 5.75. The highest BCUT2D eigenvalue weighted by atomic mass is 16.5. The molecule has 0 saturated carbocycles. The molecule has 2 saturated heterocycles. The smallest absolute Gasteiger partial charge is 0.311 e. The SMILES string of the molecule is COc1cc2c(cc1CN1C[C@@H]3COCC[C@]3(C(=O)O)C1)OCCCO2. The average molecular weight is 363 g/mol. The summed E-state index contributed by atoms with van der Waals surface area (Å²) in [4.78, 5) is 14.2. The van der Waals surface area contributed by atoms with E-state index < -0.39 is 11.4 Å². The molecular formula is C19H25NO6. The molecule has 1 aromatic rings. The molecule has 7 nitrogen and oxygen atoms in total. The third kappa shape index (κ3) is 2.99. The zero-order valence-corrected chi connectivity index (χ0v) is 15.0. The van der Waals surface area contributed by atoms with E-state index in [1.807, 2.05) is 12.1 Å². The summed E-state index contributed by atoms with van der Waals surface area (Å²) < 4.78 is 22.6. The maximum Gasteiger partial charge on any atom is 0.311 e. The van der Waals surface area contributed by atoms with E-state index in [-0.39, 0.29) is 5.92 Å². The highest BCUT2D eigenvalue weighted by Crippen LogP contribution is 2.44. The molecule has 26 heavy (non-hydrogen) atoms. The minimum atomic E-state index is -0.709. The number of carbonyl (C=O) groups is 1. The van der Waals surface area contributed by atoms with Gasteiger partial charge in [-0.05, 0) is 12.5 Å². The molecule has 1 aromatic carbocycles. The van der Waals surface area contributed by atoms with Crippen molar-refractivity contribution in [3.05, 3.63) is 17.7 Å². The minimum absolute atomic E-state index is 0.0279. The normalized spacial score (nSPS) is 28.3. The van der Waals surface area contributed by atoms with Crippen molar-refractivity contribution in [3.8, 4) is 17.2 Å². The molecule has 3 heterocycles. The number of hydrogen-bond donors (Lipinski definition) is 1. The fraction of sp³-hybridized carbons (Fsp3) is 0.632. The molecule has 2 atom stereocenters. The Kier molecular flexibility index (Phi) is 4.67. The largest absolute Gasteiger partial charge is 0.496 e. The molecule has 3 aliphatic rings. The number of ether oxygens (including phenoxy) is 4. The Hall–Kier alpha value is -1.99. The van der Waals surface area contributed by atoms with Gasteiger partial charge in [-0.1, -0.05) is 0 Å². The van der Waals surface area contributed by atoms with Crippen molar-refractivity contribution in [1.82, 2.24) is 4.90 Å². The van der Waals surface area contributed by atoms with E-state index in [0.29, 0.717) is 58.2 Å². The second-order valence-electron chi connectivity index (χ2n) is 7.31. The first-order chi connectivity index (χ1) is 12.6. The number of fused-ring (bicyclic) bond motifs is 2. The predicted molar refractivity (Wildman–Crippen MR) is 92.9 cm³/mol. The second-order valence-corrected chi connectivity index (χ2v) is 7.31. The van der Waals surface area contributed by atoms with E-state index in [1.165, 1.54) is 0 Å². The monoisotopic (exact) mass is 363 g/mol. The summed E-state index contributed by atoms with van der Waals surface area (Å²) in [5.74, 6) is 1.49. The molecule has 2 fully saturated rings. The molecule has 7 heteroatoms. The molecule has 0 aromatic heterocycles. The minimum Gasteiger partial charge on any atom is -0.496 e. The van der Waals surface area contributed by atoms with Crippen LogP contribution in [0.4, 0.5) is 0 Å². The Bertz CT molecular complexity index is 693. The van der Waals surface area contributed by atoms with Crippen molar-refractivity contribution in [1.29, 1.82) is 0 Å². The molecule has 142 valence electrons. The molecule has 0 aliphatic carbocycles. The van der Waals surface area contributed by atoms with Gasteiger partial charge in [0.2, 0.25) is 0 Å². The summed E-state index contributed by atoms with van der Waals surface area (Å²) in [6.45, 7) is 4.16. The molecule has 0 bridgehead atoms. The van der Waals surface area contributed by atoms with Crippen LogP contribution in [0.5, 0.6) is 17.2 Å². The standard InChI is InChI=1S/C19H25NO6/c1-23-15-8-17-16(25-4-2-5-26-17)7-13(15)9-20-10-14-11-24-6-3-19(14,12-20)18(21)22/h7-8,14H,2-6,9-12H2,1H3,(H,21,22)/t14-,19+/m1/s1. The number of rotatable bonds is 4. The Morgan fingerprint density at radius 3 is 2.77 bits per heavy atom. The van der Waals surface area contributed by atoms with Gasteiger partial charge in [-0.25, -0.2) is 0 Å². The van der Waals surface area contributed by atoms with E-state index in [9.17, 15) is 9.90 Å². The van der Waals surface area contributed by atoms with Crippen molar-refractivity contribution in [2.75, 3.05) is 46.6 Å². The summed E-state index contributed by atoms with van der Waals surface area (Å²) >= 11 is 0. The van der Waals surface area contributed by atoms with Gasteiger partial charge in [0, 0.05) is 50.2 Å². The lowest BCUT2D eigenvalue weighted by molar-refractivity contribution is -0.157. The van der Waals surface area contributed by atoms with Crippen molar-refractivity contribution in [2.45, 2.75) is 19.4 Å². The fourth-order valence-corrected chi connectivity index (χ4v) is 4.31. The van der Waals surface area contributed by atoms with Gasteiger partial charge in [0.1, 0.15) is 5.75 Å². The maximum atomic E-state index is 12.0. The summed E-state index contributed by atoms with van der Waals surface area (Å²) in [5, 5.41) is 9.83. The van der Waals surface area contributed by atoms with E-state index in [2.05, 4.69) is 4.90 Å². The van der Waals surface area contributed by atoms with Gasteiger partial charge in [-0.2, -0.15) is 0 Å². The van der Waals surface area contributed by atoms with Crippen LogP contribution in [0, 0.1) is 11.3 Å². The van der Waals surface area contributed by atoms with Gasteiger partial charge < -0.3 is 24.1 Å². The van der Waals surface area contributed by atoms with E-state index >= 15 is 0 Å². The van der Waals surface area contributed by atoms with Crippen molar-refractivity contribution >= 4 is 5.97 Å². The Morgan fingerprint density at radius 1 is 1.31 bits per heavy atom. The molecule has 0 unspecified atom stereocenters.